The number of anilines is 2. The van der Waals surface area contributed by atoms with E-state index in [1.54, 1.807) is 0 Å². The van der Waals surface area contributed by atoms with Gasteiger partial charge in [-0.1, -0.05) is 30.3 Å². The molecule has 0 aliphatic carbocycles. The van der Waals surface area contributed by atoms with Crippen molar-refractivity contribution in [2.75, 3.05) is 16.8 Å². The largest absolute Gasteiger partial charge is 0.325 e. The summed E-state index contributed by atoms with van der Waals surface area (Å²) in [5, 5.41) is 2.90. The zero-order valence-corrected chi connectivity index (χ0v) is 13.9. The van der Waals surface area contributed by atoms with Crippen LogP contribution < -0.4 is 10.2 Å². The number of nitrogens with zero attached hydrogens (tertiary/aromatic N) is 1. The predicted molar refractivity (Wildman–Crippen MR) is 94.3 cm³/mol. The van der Waals surface area contributed by atoms with Crippen LogP contribution in [0.2, 0.25) is 0 Å². The maximum atomic E-state index is 12.7. The lowest BCUT2D eigenvalue weighted by Gasteiger charge is -2.19. The number of hydrogen-bond donors (Lipinski definition) is 1. The van der Waals surface area contributed by atoms with Crippen molar-refractivity contribution < 1.29 is 9.59 Å². The molecule has 4 rings (SSSR count). The molecule has 0 bridgehead atoms. The van der Waals surface area contributed by atoms with E-state index in [9.17, 15) is 9.59 Å². The third-order valence-corrected chi connectivity index (χ3v) is 5.12. The first kappa shape index (κ1) is 14.9. The molecular formula is C20H20N2O2. The maximum Gasteiger partial charge on any atom is 0.234 e. The molecule has 2 aliphatic rings. The van der Waals surface area contributed by atoms with Gasteiger partial charge in [-0.05, 0) is 49.1 Å². The van der Waals surface area contributed by atoms with Crippen LogP contribution >= 0.6 is 0 Å². The summed E-state index contributed by atoms with van der Waals surface area (Å²) in [5.74, 6) is 0.115. The lowest BCUT2D eigenvalue weighted by atomic mass is 9.85. The van der Waals surface area contributed by atoms with Crippen LogP contribution in [-0.2, 0) is 27.8 Å². The van der Waals surface area contributed by atoms with Gasteiger partial charge in [0, 0.05) is 17.9 Å². The molecule has 0 saturated heterocycles. The molecule has 0 saturated carbocycles. The zero-order valence-electron chi connectivity index (χ0n) is 13.9. The Morgan fingerprint density at radius 1 is 1.21 bits per heavy atom. The first-order valence-corrected chi connectivity index (χ1v) is 8.30. The van der Waals surface area contributed by atoms with Gasteiger partial charge in [0.2, 0.25) is 11.8 Å². The second kappa shape index (κ2) is 5.20. The highest BCUT2D eigenvalue weighted by atomic mass is 16.2. The minimum Gasteiger partial charge on any atom is -0.325 e. The number of amides is 2. The van der Waals surface area contributed by atoms with Crippen LogP contribution in [0.1, 0.15) is 30.5 Å². The summed E-state index contributed by atoms with van der Waals surface area (Å²) in [6.07, 6.45) is 1.27. The molecule has 4 heteroatoms. The Labute approximate surface area is 141 Å². The number of carbonyl (C=O) groups is 2. The van der Waals surface area contributed by atoms with E-state index in [2.05, 4.69) is 11.4 Å². The molecule has 0 aromatic heterocycles. The first-order valence-electron chi connectivity index (χ1n) is 8.30. The van der Waals surface area contributed by atoms with Crippen molar-refractivity contribution in [3.8, 4) is 0 Å². The van der Waals surface area contributed by atoms with Crippen LogP contribution in [0.3, 0.4) is 0 Å². The van der Waals surface area contributed by atoms with Crippen LogP contribution in [0.25, 0.3) is 0 Å². The lowest BCUT2D eigenvalue weighted by Crippen LogP contribution is -2.30. The maximum absolute atomic E-state index is 12.7. The predicted octanol–water partition coefficient (Wildman–Crippen LogP) is 3.05. The van der Waals surface area contributed by atoms with E-state index in [1.165, 1.54) is 5.56 Å². The number of fused-ring (bicyclic) bond motifs is 2. The third-order valence-electron chi connectivity index (χ3n) is 5.12. The Balaban J connectivity index is 1.58. The van der Waals surface area contributed by atoms with Crippen LogP contribution in [0, 0.1) is 0 Å². The number of hydrogen-bond acceptors (Lipinski definition) is 2. The number of nitrogens with one attached hydrogen (secondary N) is 1. The van der Waals surface area contributed by atoms with E-state index in [4.69, 9.17) is 0 Å². The second-order valence-electron chi connectivity index (χ2n) is 7.06. The molecule has 0 radical (unpaired) electrons. The molecule has 2 heterocycles. The van der Waals surface area contributed by atoms with Gasteiger partial charge in [0.15, 0.2) is 0 Å². The van der Waals surface area contributed by atoms with Crippen LogP contribution in [0.15, 0.2) is 42.5 Å². The van der Waals surface area contributed by atoms with Crippen molar-refractivity contribution in [2.24, 2.45) is 0 Å². The molecular weight excluding hydrogens is 300 g/mol. The van der Waals surface area contributed by atoms with E-state index in [-0.39, 0.29) is 11.8 Å². The van der Waals surface area contributed by atoms with Gasteiger partial charge < -0.3 is 10.2 Å². The first-order chi connectivity index (χ1) is 11.5. The van der Waals surface area contributed by atoms with Gasteiger partial charge >= 0.3 is 0 Å². The average molecular weight is 320 g/mol. The Morgan fingerprint density at radius 2 is 2.00 bits per heavy atom. The molecule has 122 valence electrons. The second-order valence-corrected chi connectivity index (χ2v) is 7.06. The van der Waals surface area contributed by atoms with Crippen molar-refractivity contribution in [1.82, 2.24) is 0 Å². The molecule has 2 amide bonds. The van der Waals surface area contributed by atoms with E-state index in [0.29, 0.717) is 6.42 Å². The number of carbonyl (C=O) groups excluding carboxylic acids is 2. The molecule has 0 fully saturated rings. The average Bonchev–Trinajstić information content (AvgIpc) is 3.08. The highest BCUT2D eigenvalue weighted by Crippen LogP contribution is 2.38. The van der Waals surface area contributed by atoms with Crippen LogP contribution in [0.4, 0.5) is 11.4 Å². The standard InChI is InChI=1S/C20H20N2O2/c1-20(2)15-11-13(7-8-16(15)21-19(20)24)12-18(23)22-10-9-14-5-3-4-6-17(14)22/h3-8,11H,9-10,12H2,1-2H3,(H,21,24). The molecule has 2 aromatic carbocycles. The van der Waals surface area contributed by atoms with Gasteiger partial charge in [-0.15, -0.1) is 0 Å². The smallest absolute Gasteiger partial charge is 0.234 e. The molecule has 1 N–H and O–H groups in total. The Hall–Kier alpha value is -2.62. The monoisotopic (exact) mass is 320 g/mol. The van der Waals surface area contributed by atoms with Crippen molar-refractivity contribution in [3.63, 3.8) is 0 Å². The van der Waals surface area contributed by atoms with E-state index >= 15 is 0 Å². The summed E-state index contributed by atoms with van der Waals surface area (Å²) in [6, 6.07) is 13.9. The van der Waals surface area contributed by atoms with Gasteiger partial charge in [-0.2, -0.15) is 0 Å². The molecule has 4 nitrogen and oxygen atoms in total. The topological polar surface area (TPSA) is 49.4 Å². The molecule has 24 heavy (non-hydrogen) atoms. The zero-order chi connectivity index (χ0) is 16.9. The summed E-state index contributed by atoms with van der Waals surface area (Å²) in [6.45, 7) is 4.57. The van der Waals surface area contributed by atoms with Crippen molar-refractivity contribution in [2.45, 2.75) is 32.1 Å². The van der Waals surface area contributed by atoms with Gasteiger partial charge in [0.05, 0.1) is 11.8 Å². The Bertz CT molecular complexity index is 854. The lowest BCUT2D eigenvalue weighted by molar-refractivity contribution is -0.119. The third kappa shape index (κ3) is 2.21. The summed E-state index contributed by atoms with van der Waals surface area (Å²) >= 11 is 0. The molecule has 2 aliphatic heterocycles. The normalized spacial score (nSPS) is 17.4. The van der Waals surface area contributed by atoms with Gasteiger partial charge in [-0.25, -0.2) is 0 Å². The van der Waals surface area contributed by atoms with Gasteiger partial charge in [0.1, 0.15) is 0 Å². The molecule has 2 aromatic rings. The molecule has 0 unspecified atom stereocenters. The number of rotatable bonds is 2. The Morgan fingerprint density at radius 3 is 2.83 bits per heavy atom. The minimum absolute atomic E-state index is 0.00875. The van der Waals surface area contributed by atoms with E-state index in [0.717, 1.165) is 35.5 Å². The number of para-hydroxylation sites is 1. The highest BCUT2D eigenvalue weighted by Gasteiger charge is 2.38. The summed E-state index contributed by atoms with van der Waals surface area (Å²) in [7, 11) is 0. The van der Waals surface area contributed by atoms with Crippen LogP contribution in [0.5, 0.6) is 0 Å². The summed E-state index contributed by atoms with van der Waals surface area (Å²) < 4.78 is 0. The summed E-state index contributed by atoms with van der Waals surface area (Å²) in [4.78, 5) is 26.7. The van der Waals surface area contributed by atoms with E-state index in [1.807, 2.05) is 55.1 Å². The fraction of sp³-hybridized carbons (Fsp3) is 0.300. The Kier molecular flexibility index (Phi) is 3.23. The highest BCUT2D eigenvalue weighted by molar-refractivity contribution is 6.06. The number of benzene rings is 2. The molecule has 0 spiro atoms. The van der Waals surface area contributed by atoms with Crippen LogP contribution in [-0.4, -0.2) is 18.4 Å². The molecule has 0 atom stereocenters. The van der Waals surface area contributed by atoms with E-state index < -0.39 is 5.41 Å². The van der Waals surface area contributed by atoms with Crippen molar-refractivity contribution in [3.05, 3.63) is 59.2 Å². The summed E-state index contributed by atoms with van der Waals surface area (Å²) in [5.41, 5.74) is 4.49. The van der Waals surface area contributed by atoms with Gasteiger partial charge in [0.25, 0.3) is 0 Å². The quantitative estimate of drug-likeness (QED) is 0.924. The van der Waals surface area contributed by atoms with Crippen molar-refractivity contribution in [1.29, 1.82) is 0 Å². The fourth-order valence-electron chi connectivity index (χ4n) is 3.60. The SMILES string of the molecule is CC1(C)C(=O)Nc2ccc(CC(=O)N3CCc4ccccc43)cc21. The fourth-order valence-corrected chi connectivity index (χ4v) is 3.60. The van der Waals surface area contributed by atoms with Gasteiger partial charge in [-0.3, -0.25) is 9.59 Å². The minimum atomic E-state index is -0.547. The van der Waals surface area contributed by atoms with Crippen molar-refractivity contribution >= 4 is 23.2 Å².